The highest BCUT2D eigenvalue weighted by Crippen LogP contribution is 2.39. The maximum absolute atomic E-state index is 12.7. The summed E-state index contributed by atoms with van der Waals surface area (Å²) in [5.74, 6) is -2.79. The summed E-state index contributed by atoms with van der Waals surface area (Å²) in [4.78, 5) is 32.1. The van der Waals surface area contributed by atoms with Gasteiger partial charge in [0, 0.05) is 11.8 Å². The van der Waals surface area contributed by atoms with Crippen molar-refractivity contribution in [1.29, 1.82) is 10.5 Å². The van der Waals surface area contributed by atoms with Crippen LogP contribution in [-0.4, -0.2) is 26.1 Å². The van der Waals surface area contributed by atoms with Gasteiger partial charge in [-0.2, -0.15) is 10.5 Å². The molecule has 0 aliphatic carbocycles. The number of aromatic nitrogens is 3. The molecule has 0 spiro atoms. The van der Waals surface area contributed by atoms with Crippen molar-refractivity contribution in [1.82, 2.24) is 15.1 Å². The van der Waals surface area contributed by atoms with Gasteiger partial charge in [0.2, 0.25) is 5.75 Å². The number of anilines is 1. The van der Waals surface area contributed by atoms with Crippen LogP contribution in [-0.2, 0) is 0 Å². The second-order valence-electron chi connectivity index (χ2n) is 7.68. The molecule has 4 rings (SSSR count). The third kappa shape index (κ3) is 4.49. The summed E-state index contributed by atoms with van der Waals surface area (Å²) in [6.07, 6.45) is 2.43. The Kier molecular flexibility index (Phi) is 6.38. The number of nitriles is 2. The van der Waals surface area contributed by atoms with Crippen molar-refractivity contribution in [3.05, 3.63) is 105 Å². The highest BCUT2D eigenvalue weighted by molar-refractivity contribution is 6.04. The van der Waals surface area contributed by atoms with Gasteiger partial charge < -0.3 is 19.9 Å². The van der Waals surface area contributed by atoms with Gasteiger partial charge in [-0.05, 0) is 23.3 Å². The van der Waals surface area contributed by atoms with Crippen LogP contribution in [0.25, 0.3) is 0 Å². The van der Waals surface area contributed by atoms with Crippen LogP contribution in [0.2, 0.25) is 0 Å². The molecule has 4 aromatic rings. The van der Waals surface area contributed by atoms with Gasteiger partial charge >= 0.3 is 0 Å². The molecule has 3 N–H and O–H groups in total. The van der Waals surface area contributed by atoms with Crippen molar-refractivity contribution in [3.63, 3.8) is 0 Å². The van der Waals surface area contributed by atoms with Crippen LogP contribution in [0.15, 0.2) is 70.3 Å². The third-order valence-electron chi connectivity index (χ3n) is 5.58. The number of H-pyrrole nitrogens is 1. The lowest BCUT2D eigenvalue weighted by Gasteiger charge is -2.26. The maximum Gasteiger partial charge on any atom is 0.293 e. The first-order chi connectivity index (χ1) is 16.9. The number of benzene rings is 2. The Balaban J connectivity index is 1.86. The average Bonchev–Trinajstić information content (AvgIpc) is 3.39. The third-order valence-corrected chi connectivity index (χ3v) is 5.58. The number of aromatic amines is 1. The zero-order chi connectivity index (χ0) is 24.9. The molecular formula is C25H18N6O4. The Bertz CT molecular complexity index is 1470. The van der Waals surface area contributed by atoms with Gasteiger partial charge in [0.15, 0.2) is 5.69 Å². The molecule has 172 valence electrons. The lowest BCUT2D eigenvalue weighted by Crippen LogP contribution is -2.24. The number of carbonyl (C=O) groups is 1. The van der Waals surface area contributed by atoms with Gasteiger partial charge in [0.25, 0.3) is 11.5 Å². The first-order valence-electron chi connectivity index (χ1n) is 10.5. The number of carbonyl (C=O) groups excluding carboxylic acids is 1. The predicted molar refractivity (Wildman–Crippen MR) is 124 cm³/mol. The zero-order valence-electron chi connectivity index (χ0n) is 18.4. The number of hydrogen-bond acceptors (Lipinski definition) is 8. The summed E-state index contributed by atoms with van der Waals surface area (Å²) in [5, 5.41) is 35.6. The maximum atomic E-state index is 12.7. The first kappa shape index (κ1) is 23.0. The Hall–Kier alpha value is -5.22. The predicted octanol–water partition coefficient (Wildman–Crippen LogP) is 3.39. The van der Waals surface area contributed by atoms with Crippen molar-refractivity contribution in [2.45, 2.75) is 18.8 Å². The Morgan fingerprint density at radius 2 is 1.69 bits per heavy atom. The van der Waals surface area contributed by atoms with E-state index in [0.29, 0.717) is 22.3 Å². The van der Waals surface area contributed by atoms with E-state index in [0.717, 1.165) is 0 Å². The van der Waals surface area contributed by atoms with Crippen molar-refractivity contribution >= 4 is 11.6 Å². The monoisotopic (exact) mass is 466 g/mol. The number of rotatable bonds is 6. The molecule has 10 heteroatoms. The van der Waals surface area contributed by atoms with Crippen molar-refractivity contribution in [3.8, 4) is 17.9 Å². The minimum Gasteiger partial charge on any atom is -0.501 e. The second-order valence-corrected chi connectivity index (χ2v) is 7.68. The quantitative estimate of drug-likeness (QED) is 0.388. The molecular weight excluding hydrogens is 448 g/mol. The largest absolute Gasteiger partial charge is 0.501 e. The van der Waals surface area contributed by atoms with Gasteiger partial charge in [-0.15, -0.1) is 0 Å². The van der Waals surface area contributed by atoms with E-state index in [1.807, 2.05) is 0 Å². The van der Waals surface area contributed by atoms with Crippen LogP contribution in [0, 0.1) is 22.7 Å². The van der Waals surface area contributed by atoms with Gasteiger partial charge in [0.1, 0.15) is 17.8 Å². The molecule has 1 unspecified atom stereocenters. The fourth-order valence-electron chi connectivity index (χ4n) is 3.92. The molecule has 35 heavy (non-hydrogen) atoms. The molecule has 2 aromatic heterocycles. The molecule has 0 radical (unpaired) electrons. The minimum atomic E-state index is -0.904. The number of nitrogens with zero attached hydrogens (tertiary/aromatic N) is 4. The first-order valence-corrected chi connectivity index (χ1v) is 10.5. The smallest absolute Gasteiger partial charge is 0.293 e. The molecule has 0 bridgehead atoms. The second kappa shape index (κ2) is 9.73. The van der Waals surface area contributed by atoms with Crippen LogP contribution in [0.5, 0.6) is 5.75 Å². The van der Waals surface area contributed by atoms with Crippen LogP contribution < -0.4 is 10.9 Å². The van der Waals surface area contributed by atoms with E-state index in [1.165, 1.54) is 12.5 Å². The molecule has 0 aliphatic rings. The topological polar surface area (TPSA) is 169 Å². The fourth-order valence-corrected chi connectivity index (χ4v) is 3.92. The van der Waals surface area contributed by atoms with Gasteiger partial charge in [0.05, 0.1) is 29.5 Å². The van der Waals surface area contributed by atoms with Crippen molar-refractivity contribution in [2.75, 3.05) is 5.32 Å². The van der Waals surface area contributed by atoms with Gasteiger partial charge in [-0.25, -0.2) is 4.98 Å². The average molecular weight is 466 g/mol. The molecule has 0 aliphatic heterocycles. The molecule has 1 amide bonds. The van der Waals surface area contributed by atoms with E-state index >= 15 is 0 Å². The summed E-state index contributed by atoms with van der Waals surface area (Å²) in [7, 11) is 0. The molecule has 0 saturated heterocycles. The van der Waals surface area contributed by atoms with Crippen LogP contribution in [0.3, 0.4) is 0 Å². The lowest BCUT2D eigenvalue weighted by atomic mass is 9.78. The molecule has 0 saturated carbocycles. The summed E-state index contributed by atoms with van der Waals surface area (Å²) in [5.41, 5.74) is 0.853. The SMILES string of the molecule is CC(c1nc(C(=O)Nc2cnoc2)c(O)c(=O)[nH]1)C(c1ccccc1C#N)c1ccccc1C#N. The van der Waals surface area contributed by atoms with E-state index in [-0.39, 0.29) is 11.5 Å². The summed E-state index contributed by atoms with van der Waals surface area (Å²) in [6.45, 7) is 1.75. The van der Waals surface area contributed by atoms with Crippen LogP contribution >= 0.6 is 0 Å². The van der Waals surface area contributed by atoms with Crippen molar-refractivity contribution in [2.24, 2.45) is 0 Å². The number of aromatic hydroxyl groups is 1. The van der Waals surface area contributed by atoms with Crippen LogP contribution in [0.1, 0.15) is 57.3 Å². The van der Waals surface area contributed by atoms with Crippen molar-refractivity contribution < 1.29 is 14.4 Å². The van der Waals surface area contributed by atoms with Crippen LogP contribution in [0.4, 0.5) is 5.69 Å². The normalized spacial score (nSPS) is 11.4. The van der Waals surface area contributed by atoms with Gasteiger partial charge in [-0.3, -0.25) is 9.59 Å². The van der Waals surface area contributed by atoms with E-state index in [9.17, 15) is 25.2 Å². The summed E-state index contributed by atoms with van der Waals surface area (Å²) >= 11 is 0. The molecule has 0 fully saturated rings. The highest BCUT2D eigenvalue weighted by Gasteiger charge is 2.30. The van der Waals surface area contributed by atoms with E-state index in [4.69, 9.17) is 0 Å². The number of hydrogen-bond donors (Lipinski definition) is 3. The zero-order valence-corrected chi connectivity index (χ0v) is 18.4. The van der Waals surface area contributed by atoms with E-state index in [2.05, 4.69) is 37.1 Å². The summed E-state index contributed by atoms with van der Waals surface area (Å²) < 4.78 is 4.67. The molecule has 2 aromatic carbocycles. The fraction of sp³-hybridized carbons (Fsp3) is 0.120. The molecule has 2 heterocycles. The van der Waals surface area contributed by atoms with E-state index in [1.54, 1.807) is 55.5 Å². The Labute approximate surface area is 199 Å². The molecule has 1 atom stereocenters. The minimum absolute atomic E-state index is 0.0914. The standard InChI is InChI=1S/C25H18N6O4/c1-14(23-30-21(22(32)25(34)31-23)24(33)29-17-12-28-35-13-17)20(18-8-4-2-6-15(18)10-26)19-9-5-3-7-16(19)11-27/h2-9,12-14,20,32H,1H3,(H,29,33)(H,30,31,34). The number of amides is 1. The Morgan fingerprint density at radius 3 is 2.23 bits per heavy atom. The van der Waals surface area contributed by atoms with E-state index < -0.39 is 34.7 Å². The Morgan fingerprint density at radius 1 is 1.09 bits per heavy atom. The lowest BCUT2D eigenvalue weighted by molar-refractivity contribution is 0.101. The van der Waals surface area contributed by atoms with Gasteiger partial charge in [-0.1, -0.05) is 48.5 Å². The highest BCUT2D eigenvalue weighted by atomic mass is 16.5. The summed E-state index contributed by atoms with van der Waals surface area (Å²) in [6, 6.07) is 18.2. The molecule has 10 nitrogen and oxygen atoms in total. The number of nitrogens with one attached hydrogen (secondary N) is 2.